The smallest absolute Gasteiger partial charge is 0.132 e. The average molecular weight is 502 g/mol. The van der Waals surface area contributed by atoms with Gasteiger partial charge in [-0.05, 0) is 116 Å². The van der Waals surface area contributed by atoms with Crippen LogP contribution < -0.4 is 0 Å². The van der Waals surface area contributed by atoms with Crippen molar-refractivity contribution >= 4 is 23.4 Å². The predicted molar refractivity (Wildman–Crippen MR) is 149 cm³/mol. The lowest BCUT2D eigenvalue weighted by Crippen LogP contribution is -2.31. The first-order chi connectivity index (χ1) is 17.4. The minimum absolute atomic E-state index is 0.270. The number of likely N-dealkylation sites (tertiary alicyclic amines) is 1. The molecule has 2 atom stereocenters. The van der Waals surface area contributed by atoms with Crippen molar-refractivity contribution in [3.8, 4) is 11.3 Å². The summed E-state index contributed by atoms with van der Waals surface area (Å²) in [6.45, 7) is 4.58. The minimum atomic E-state index is -0.330. The van der Waals surface area contributed by atoms with Crippen LogP contribution in [0.1, 0.15) is 38.2 Å². The van der Waals surface area contributed by atoms with Crippen molar-refractivity contribution in [1.29, 1.82) is 0 Å². The van der Waals surface area contributed by atoms with Gasteiger partial charge in [-0.15, -0.1) is 0 Å². The van der Waals surface area contributed by atoms with Crippen LogP contribution in [-0.4, -0.2) is 42.3 Å². The fraction of sp³-hybridized carbons (Fsp3) is 0.355. The van der Waals surface area contributed by atoms with Crippen molar-refractivity contribution in [2.75, 3.05) is 20.1 Å². The zero-order valence-corrected chi connectivity index (χ0v) is 21.8. The Morgan fingerprint density at radius 2 is 1.92 bits per heavy atom. The molecule has 0 bridgehead atoms. The van der Waals surface area contributed by atoms with E-state index >= 15 is 0 Å². The molecule has 0 radical (unpaired) electrons. The van der Waals surface area contributed by atoms with Crippen LogP contribution in [-0.2, 0) is 0 Å². The monoisotopic (exact) mass is 501 g/mol. The third-order valence-electron chi connectivity index (χ3n) is 7.44. The number of pyridine rings is 1. The Balaban J connectivity index is 1.35. The van der Waals surface area contributed by atoms with Gasteiger partial charge in [0.05, 0.1) is 11.7 Å². The first kappa shape index (κ1) is 24.9. The number of hydrogen-bond donors (Lipinski definition) is 0. The van der Waals surface area contributed by atoms with Gasteiger partial charge in [-0.3, -0.25) is 9.98 Å². The number of nitrogens with zero attached hydrogens (tertiary/aromatic N) is 3. The molecule has 36 heavy (non-hydrogen) atoms. The second kappa shape index (κ2) is 11.1. The highest BCUT2D eigenvalue weighted by Crippen LogP contribution is 2.32. The van der Waals surface area contributed by atoms with Crippen LogP contribution in [0.25, 0.3) is 16.8 Å². The first-order valence-corrected chi connectivity index (χ1v) is 13.3. The number of hydrogen-bond acceptors (Lipinski definition) is 3. The number of dihydropyridines is 1. The molecule has 3 aliphatic rings. The van der Waals surface area contributed by atoms with E-state index in [1.807, 2.05) is 12.1 Å². The van der Waals surface area contributed by atoms with Gasteiger partial charge in [-0.1, -0.05) is 42.8 Å². The van der Waals surface area contributed by atoms with Crippen LogP contribution in [0.4, 0.5) is 4.39 Å². The molecule has 1 aliphatic carbocycles. The Kier molecular flexibility index (Phi) is 7.64. The number of allylic oxidation sites excluding steroid dienone is 7. The van der Waals surface area contributed by atoms with Crippen LogP contribution in [0, 0.1) is 17.7 Å². The average Bonchev–Trinajstić information content (AvgIpc) is 3.09. The summed E-state index contributed by atoms with van der Waals surface area (Å²) in [4.78, 5) is 11.8. The van der Waals surface area contributed by atoms with E-state index in [1.165, 1.54) is 44.0 Å². The van der Waals surface area contributed by atoms with Crippen LogP contribution >= 0.6 is 11.6 Å². The predicted octanol–water partition coefficient (Wildman–Crippen LogP) is 7.56. The number of piperidine rings is 1. The molecule has 0 spiro atoms. The summed E-state index contributed by atoms with van der Waals surface area (Å²) in [6, 6.07) is 8.87. The van der Waals surface area contributed by atoms with E-state index in [4.69, 9.17) is 16.6 Å². The van der Waals surface area contributed by atoms with Gasteiger partial charge in [-0.25, -0.2) is 4.39 Å². The topological polar surface area (TPSA) is 28.5 Å². The molecule has 1 fully saturated rings. The molecule has 0 saturated carbocycles. The Hall–Kier alpha value is -2.82. The summed E-state index contributed by atoms with van der Waals surface area (Å²) in [5.74, 6) is 0.728. The first-order valence-electron chi connectivity index (χ1n) is 12.9. The van der Waals surface area contributed by atoms with E-state index in [1.54, 1.807) is 18.3 Å². The molecule has 3 heterocycles. The van der Waals surface area contributed by atoms with Gasteiger partial charge in [0.25, 0.3) is 0 Å². The zero-order valence-electron chi connectivity index (χ0n) is 21.0. The molecular formula is C31H33ClFN3. The molecule has 0 amide bonds. The Labute approximate surface area is 218 Å². The van der Waals surface area contributed by atoms with Crippen molar-refractivity contribution in [3.05, 3.63) is 94.5 Å². The van der Waals surface area contributed by atoms with Crippen molar-refractivity contribution in [2.24, 2.45) is 16.8 Å². The van der Waals surface area contributed by atoms with E-state index in [9.17, 15) is 4.39 Å². The van der Waals surface area contributed by atoms with Crippen molar-refractivity contribution < 1.29 is 4.39 Å². The van der Waals surface area contributed by atoms with Crippen molar-refractivity contribution in [3.63, 3.8) is 0 Å². The van der Waals surface area contributed by atoms with Gasteiger partial charge in [0.2, 0.25) is 0 Å². The van der Waals surface area contributed by atoms with Gasteiger partial charge < -0.3 is 4.90 Å². The molecule has 2 aliphatic heterocycles. The number of aromatic nitrogens is 1. The van der Waals surface area contributed by atoms with E-state index in [-0.39, 0.29) is 11.7 Å². The lowest BCUT2D eigenvalue weighted by molar-refractivity contribution is 0.206. The summed E-state index contributed by atoms with van der Waals surface area (Å²) in [5.41, 5.74) is 5.40. The van der Waals surface area contributed by atoms with Crippen molar-refractivity contribution in [2.45, 2.75) is 38.6 Å². The van der Waals surface area contributed by atoms with Gasteiger partial charge in [0.1, 0.15) is 5.82 Å². The van der Waals surface area contributed by atoms with Gasteiger partial charge in [0, 0.05) is 23.0 Å². The Morgan fingerprint density at radius 3 is 2.69 bits per heavy atom. The second-order valence-corrected chi connectivity index (χ2v) is 10.7. The lowest BCUT2D eigenvalue weighted by atomic mass is 9.88. The molecule has 2 aromatic rings. The number of rotatable bonds is 5. The summed E-state index contributed by atoms with van der Waals surface area (Å²) in [5, 5.41) is 0.491. The molecule has 0 N–H and O–H groups in total. The number of halogens is 2. The summed E-state index contributed by atoms with van der Waals surface area (Å²) in [6.07, 6.45) is 19.7. The maximum Gasteiger partial charge on any atom is 0.132 e. The maximum absolute atomic E-state index is 14.5. The van der Waals surface area contributed by atoms with Crippen molar-refractivity contribution in [1.82, 2.24) is 9.88 Å². The van der Waals surface area contributed by atoms with Crippen LogP contribution in [0.15, 0.2) is 83.0 Å². The fourth-order valence-electron chi connectivity index (χ4n) is 5.26. The van der Waals surface area contributed by atoms with Crippen LogP contribution in [0.3, 0.4) is 0 Å². The normalized spacial score (nSPS) is 23.2. The highest BCUT2D eigenvalue weighted by molar-refractivity contribution is 6.30. The maximum atomic E-state index is 14.5. The molecule has 1 aromatic heterocycles. The minimum Gasteiger partial charge on any atom is -0.306 e. The third-order valence-corrected chi connectivity index (χ3v) is 7.68. The third kappa shape index (κ3) is 5.93. The SMILES string of the molecule is CC1C=CC(C2=CCC(CC3CCN(C)CC3)N=C2)=CC(c2ccnc(-c3cc(Cl)ccc3F)c2)=C1. The fourth-order valence-corrected chi connectivity index (χ4v) is 5.43. The van der Waals surface area contributed by atoms with Crippen LogP contribution in [0.2, 0.25) is 5.02 Å². The number of aliphatic imine (C=N–C) groups is 1. The van der Waals surface area contributed by atoms with Crippen LogP contribution in [0.5, 0.6) is 0 Å². The molecule has 5 heteroatoms. The Bertz CT molecular complexity index is 1260. The molecule has 186 valence electrons. The molecule has 2 unspecified atom stereocenters. The Morgan fingerprint density at radius 1 is 1.08 bits per heavy atom. The van der Waals surface area contributed by atoms with Gasteiger partial charge in [0.15, 0.2) is 0 Å². The lowest BCUT2D eigenvalue weighted by Gasteiger charge is -2.30. The van der Waals surface area contributed by atoms with Gasteiger partial charge in [-0.2, -0.15) is 0 Å². The highest BCUT2D eigenvalue weighted by atomic mass is 35.5. The largest absolute Gasteiger partial charge is 0.306 e. The molecular weight excluding hydrogens is 469 g/mol. The van der Waals surface area contributed by atoms with Gasteiger partial charge >= 0.3 is 0 Å². The molecule has 5 rings (SSSR count). The summed E-state index contributed by atoms with van der Waals surface area (Å²) in [7, 11) is 2.21. The standard InChI is InChI=1S/C31H33ClFN3/c1-21-3-4-23(25-5-7-28(35-20-25)16-22-10-13-36(2)14-11-22)17-26(15-21)24-9-12-34-31(18-24)29-19-27(32)6-8-30(29)33/h3-6,8-9,12,15,17-22,28H,7,10-11,13-14,16H2,1-2H3. The quantitative estimate of drug-likeness (QED) is 0.423. The summed E-state index contributed by atoms with van der Waals surface area (Å²) >= 11 is 6.13. The zero-order chi connectivity index (χ0) is 25.1. The van der Waals surface area contributed by atoms with E-state index in [0.717, 1.165) is 29.0 Å². The summed E-state index contributed by atoms with van der Waals surface area (Å²) < 4.78 is 14.5. The molecule has 1 saturated heterocycles. The molecule has 1 aromatic carbocycles. The van der Waals surface area contributed by atoms with E-state index < -0.39 is 0 Å². The van der Waals surface area contributed by atoms with E-state index in [0.29, 0.717) is 22.3 Å². The number of benzene rings is 1. The second-order valence-electron chi connectivity index (χ2n) is 10.3. The van der Waals surface area contributed by atoms with E-state index in [2.05, 4.69) is 60.4 Å². The molecule has 3 nitrogen and oxygen atoms in total. The highest BCUT2D eigenvalue weighted by Gasteiger charge is 2.22.